The Morgan fingerprint density at radius 1 is 1.33 bits per heavy atom. The quantitative estimate of drug-likeness (QED) is 0.877. The Hall–Kier alpha value is -1.14. The van der Waals surface area contributed by atoms with Crippen LogP contribution in [0.4, 0.5) is 10.1 Å². The van der Waals surface area contributed by atoms with Gasteiger partial charge < -0.3 is 10.0 Å². The molecular weight excluding hydrogens is 257 g/mol. The van der Waals surface area contributed by atoms with Gasteiger partial charge in [-0.25, -0.2) is 12.8 Å². The van der Waals surface area contributed by atoms with Gasteiger partial charge in [-0.05, 0) is 13.0 Å². The third-order valence-electron chi connectivity index (χ3n) is 3.13. The minimum Gasteiger partial charge on any atom is -0.389 e. The van der Waals surface area contributed by atoms with Gasteiger partial charge in [-0.1, -0.05) is 12.1 Å². The molecule has 0 unspecified atom stereocenters. The molecule has 0 aromatic heterocycles. The fourth-order valence-electron chi connectivity index (χ4n) is 2.14. The molecular formula is C12H16FNO3S. The summed E-state index contributed by atoms with van der Waals surface area (Å²) in [6.45, 7) is 2.10. The smallest absolute Gasteiger partial charge is 0.153 e. The normalized spacial score (nSPS) is 20.7. The van der Waals surface area contributed by atoms with Crippen LogP contribution in [-0.2, 0) is 9.84 Å². The number of para-hydroxylation sites is 1. The van der Waals surface area contributed by atoms with Crippen LogP contribution in [0, 0.1) is 5.82 Å². The van der Waals surface area contributed by atoms with Crippen molar-refractivity contribution in [3.05, 3.63) is 29.6 Å². The predicted molar refractivity (Wildman–Crippen MR) is 67.9 cm³/mol. The van der Waals surface area contributed by atoms with Crippen molar-refractivity contribution in [3.63, 3.8) is 0 Å². The summed E-state index contributed by atoms with van der Waals surface area (Å²) < 4.78 is 36.6. The third kappa shape index (κ3) is 2.64. The lowest BCUT2D eigenvalue weighted by Crippen LogP contribution is -2.41. The molecule has 1 aromatic rings. The minimum atomic E-state index is -3.00. The van der Waals surface area contributed by atoms with Crippen LogP contribution < -0.4 is 4.90 Å². The molecule has 0 amide bonds. The van der Waals surface area contributed by atoms with E-state index in [1.54, 1.807) is 24.0 Å². The van der Waals surface area contributed by atoms with Crippen LogP contribution in [0.1, 0.15) is 18.6 Å². The first-order chi connectivity index (χ1) is 8.41. The first-order valence-electron chi connectivity index (χ1n) is 5.82. The maximum atomic E-state index is 13.9. The van der Waals surface area contributed by atoms with E-state index in [0.717, 1.165) is 0 Å². The highest BCUT2D eigenvalue weighted by molar-refractivity contribution is 7.91. The SMILES string of the molecule is C[C@H](O)c1cccc(F)c1N1CCS(=O)(=O)CC1. The number of hydrogen-bond acceptors (Lipinski definition) is 4. The van der Waals surface area contributed by atoms with Crippen LogP contribution in [0.5, 0.6) is 0 Å². The number of nitrogens with zero attached hydrogens (tertiary/aromatic N) is 1. The molecule has 1 aliphatic rings. The van der Waals surface area contributed by atoms with Crippen LogP contribution in [0.15, 0.2) is 18.2 Å². The number of benzene rings is 1. The molecule has 1 fully saturated rings. The van der Waals surface area contributed by atoms with Gasteiger partial charge in [0, 0.05) is 18.7 Å². The van der Waals surface area contributed by atoms with Crippen molar-refractivity contribution in [3.8, 4) is 0 Å². The van der Waals surface area contributed by atoms with Crippen molar-refractivity contribution in [2.45, 2.75) is 13.0 Å². The topological polar surface area (TPSA) is 57.6 Å². The monoisotopic (exact) mass is 273 g/mol. The number of halogens is 1. The molecule has 1 N–H and O–H groups in total. The van der Waals surface area contributed by atoms with Gasteiger partial charge in [0.15, 0.2) is 9.84 Å². The van der Waals surface area contributed by atoms with Gasteiger partial charge in [0.25, 0.3) is 0 Å². The van der Waals surface area contributed by atoms with Gasteiger partial charge in [-0.15, -0.1) is 0 Å². The lowest BCUT2D eigenvalue weighted by molar-refractivity contribution is 0.199. The molecule has 2 rings (SSSR count). The van der Waals surface area contributed by atoms with E-state index in [9.17, 15) is 17.9 Å². The van der Waals surface area contributed by atoms with E-state index in [1.165, 1.54) is 6.07 Å². The van der Waals surface area contributed by atoms with Crippen molar-refractivity contribution >= 4 is 15.5 Å². The highest BCUT2D eigenvalue weighted by Crippen LogP contribution is 2.30. The highest BCUT2D eigenvalue weighted by atomic mass is 32.2. The zero-order valence-corrected chi connectivity index (χ0v) is 11.0. The van der Waals surface area contributed by atoms with Gasteiger partial charge in [-0.2, -0.15) is 0 Å². The second kappa shape index (κ2) is 4.85. The summed E-state index contributed by atoms with van der Waals surface area (Å²) in [6.07, 6.45) is -0.783. The van der Waals surface area contributed by atoms with Gasteiger partial charge >= 0.3 is 0 Å². The van der Waals surface area contributed by atoms with Crippen LogP contribution in [-0.4, -0.2) is 38.1 Å². The lowest BCUT2D eigenvalue weighted by atomic mass is 10.1. The first-order valence-corrected chi connectivity index (χ1v) is 7.65. The Morgan fingerprint density at radius 2 is 1.94 bits per heavy atom. The summed E-state index contributed by atoms with van der Waals surface area (Å²) >= 11 is 0. The van der Waals surface area contributed by atoms with Crippen molar-refractivity contribution in [2.24, 2.45) is 0 Å². The van der Waals surface area contributed by atoms with Gasteiger partial charge in [0.05, 0.1) is 23.3 Å². The Labute approximate surface area is 106 Å². The summed E-state index contributed by atoms with van der Waals surface area (Å²) in [6, 6.07) is 4.53. The third-order valence-corrected chi connectivity index (χ3v) is 4.74. The molecule has 0 aliphatic carbocycles. The van der Waals surface area contributed by atoms with Gasteiger partial charge in [0.1, 0.15) is 5.82 Å². The van der Waals surface area contributed by atoms with Crippen molar-refractivity contribution in [2.75, 3.05) is 29.5 Å². The summed E-state index contributed by atoms with van der Waals surface area (Å²) in [5.74, 6) is -0.367. The average molecular weight is 273 g/mol. The van der Waals surface area contributed by atoms with E-state index < -0.39 is 21.8 Å². The molecule has 0 bridgehead atoms. The number of anilines is 1. The predicted octanol–water partition coefficient (Wildman–Crippen LogP) is 1.11. The van der Waals surface area contributed by atoms with Crippen molar-refractivity contribution < 1.29 is 17.9 Å². The molecule has 0 spiro atoms. The molecule has 1 aliphatic heterocycles. The number of sulfone groups is 1. The van der Waals surface area contributed by atoms with E-state index in [2.05, 4.69) is 0 Å². The number of rotatable bonds is 2. The van der Waals surface area contributed by atoms with Gasteiger partial charge in [-0.3, -0.25) is 0 Å². The fourth-order valence-corrected chi connectivity index (χ4v) is 3.34. The summed E-state index contributed by atoms with van der Waals surface area (Å²) in [5, 5.41) is 9.65. The van der Waals surface area contributed by atoms with E-state index in [1.807, 2.05) is 0 Å². The summed E-state index contributed by atoms with van der Waals surface area (Å²) in [4.78, 5) is 1.69. The molecule has 1 saturated heterocycles. The zero-order chi connectivity index (χ0) is 13.3. The van der Waals surface area contributed by atoms with E-state index in [-0.39, 0.29) is 24.6 Å². The second-order valence-electron chi connectivity index (χ2n) is 4.49. The number of aliphatic hydroxyl groups is 1. The molecule has 18 heavy (non-hydrogen) atoms. The lowest BCUT2D eigenvalue weighted by Gasteiger charge is -2.31. The molecule has 1 heterocycles. The Morgan fingerprint density at radius 3 is 2.50 bits per heavy atom. The molecule has 0 radical (unpaired) electrons. The molecule has 6 heteroatoms. The molecule has 1 aromatic carbocycles. The van der Waals surface area contributed by atoms with Crippen LogP contribution in [0.25, 0.3) is 0 Å². The maximum Gasteiger partial charge on any atom is 0.153 e. The van der Waals surface area contributed by atoms with Crippen molar-refractivity contribution in [1.82, 2.24) is 0 Å². The van der Waals surface area contributed by atoms with Crippen LogP contribution in [0.2, 0.25) is 0 Å². The van der Waals surface area contributed by atoms with E-state index >= 15 is 0 Å². The maximum absolute atomic E-state index is 13.9. The highest BCUT2D eigenvalue weighted by Gasteiger charge is 2.26. The number of aliphatic hydroxyl groups excluding tert-OH is 1. The standard InChI is InChI=1S/C12H16FNO3S/c1-9(15)10-3-2-4-11(13)12(10)14-5-7-18(16,17)8-6-14/h2-4,9,15H,5-8H2,1H3/t9-/m0/s1. The Bertz CT molecular complexity index is 528. The zero-order valence-electron chi connectivity index (χ0n) is 10.1. The Kier molecular flexibility index (Phi) is 3.59. The van der Waals surface area contributed by atoms with E-state index in [0.29, 0.717) is 11.3 Å². The second-order valence-corrected chi connectivity index (χ2v) is 6.80. The molecule has 1 atom stereocenters. The van der Waals surface area contributed by atoms with Crippen LogP contribution in [0.3, 0.4) is 0 Å². The minimum absolute atomic E-state index is 0.0284. The largest absolute Gasteiger partial charge is 0.389 e. The summed E-state index contributed by atoms with van der Waals surface area (Å²) in [7, 11) is -3.00. The Balaban J connectivity index is 2.34. The van der Waals surface area contributed by atoms with Crippen molar-refractivity contribution in [1.29, 1.82) is 0 Å². The van der Waals surface area contributed by atoms with Gasteiger partial charge in [0.2, 0.25) is 0 Å². The molecule has 0 saturated carbocycles. The average Bonchev–Trinajstić information content (AvgIpc) is 2.29. The summed E-state index contributed by atoms with van der Waals surface area (Å²) in [5.41, 5.74) is 0.816. The first kappa shape index (κ1) is 13.3. The fraction of sp³-hybridized carbons (Fsp3) is 0.500. The molecule has 4 nitrogen and oxygen atoms in total. The van der Waals surface area contributed by atoms with E-state index in [4.69, 9.17) is 0 Å². The molecule has 100 valence electrons. The number of hydrogen-bond donors (Lipinski definition) is 1. The van der Waals surface area contributed by atoms with Crippen LogP contribution >= 0.6 is 0 Å².